The Bertz CT molecular complexity index is 2100. The van der Waals surface area contributed by atoms with E-state index >= 15 is 0 Å². The maximum atomic E-state index is 5.36. The number of hydrogen-bond acceptors (Lipinski definition) is 8. The highest BCUT2D eigenvalue weighted by atomic mass is 32.1. The predicted octanol–water partition coefficient (Wildman–Crippen LogP) is 11.8. The standard InChI is InChI=1S/C38H26N4S4/c1-23-32(44-35(39-23)25-15-7-3-8-16-25)34-31(42-38(46-34)28-21-13-6-14-22-28)30-33(45-37(41-30)27-19-11-5-12-20-27)29-24(2)43-36(40-29)26-17-9-4-10-18-26/h3-22H,1-2H3. The molecule has 0 radical (unpaired) electrons. The van der Waals surface area contributed by atoms with Gasteiger partial charge in [0.15, 0.2) is 0 Å². The van der Waals surface area contributed by atoms with Crippen LogP contribution in [0.5, 0.6) is 0 Å². The van der Waals surface area contributed by atoms with Crippen molar-refractivity contribution in [1.82, 2.24) is 19.9 Å². The zero-order valence-corrected chi connectivity index (χ0v) is 28.2. The van der Waals surface area contributed by atoms with Gasteiger partial charge in [-0.3, -0.25) is 0 Å². The van der Waals surface area contributed by atoms with Crippen LogP contribution in [-0.4, -0.2) is 19.9 Å². The molecule has 4 aromatic heterocycles. The molecule has 0 amide bonds. The highest BCUT2D eigenvalue weighted by Crippen LogP contribution is 2.50. The number of aromatic nitrogens is 4. The molecule has 0 atom stereocenters. The number of rotatable bonds is 7. The first-order valence-corrected chi connectivity index (χ1v) is 18.1. The lowest BCUT2D eigenvalue weighted by atomic mass is 10.1. The summed E-state index contributed by atoms with van der Waals surface area (Å²) in [6.45, 7) is 4.25. The Hall–Kier alpha value is -4.60. The summed E-state index contributed by atoms with van der Waals surface area (Å²) >= 11 is 6.82. The Morgan fingerprint density at radius 2 is 0.696 bits per heavy atom. The lowest BCUT2D eigenvalue weighted by Crippen LogP contribution is -1.88. The third-order valence-corrected chi connectivity index (χ3v) is 12.2. The first-order chi connectivity index (χ1) is 22.6. The molecule has 46 heavy (non-hydrogen) atoms. The predicted molar refractivity (Wildman–Crippen MR) is 197 cm³/mol. The molecule has 0 aliphatic carbocycles. The molecule has 4 aromatic carbocycles. The molecule has 8 heteroatoms. The lowest BCUT2D eigenvalue weighted by Gasteiger charge is -2.02. The second kappa shape index (κ2) is 12.3. The van der Waals surface area contributed by atoms with E-state index < -0.39 is 0 Å². The summed E-state index contributed by atoms with van der Waals surface area (Å²) in [7, 11) is 0. The Morgan fingerprint density at radius 1 is 0.348 bits per heavy atom. The Kier molecular flexibility index (Phi) is 7.71. The van der Waals surface area contributed by atoms with Crippen LogP contribution in [0.1, 0.15) is 10.6 Å². The van der Waals surface area contributed by atoms with Gasteiger partial charge in [-0.25, -0.2) is 19.9 Å². The van der Waals surface area contributed by atoms with E-state index in [2.05, 4.69) is 111 Å². The van der Waals surface area contributed by atoms with Crippen LogP contribution in [0.4, 0.5) is 0 Å². The van der Waals surface area contributed by atoms with Crippen molar-refractivity contribution < 1.29 is 0 Å². The highest BCUT2D eigenvalue weighted by Gasteiger charge is 2.28. The van der Waals surface area contributed by atoms with Crippen molar-refractivity contribution >= 4 is 45.3 Å². The van der Waals surface area contributed by atoms with Crippen LogP contribution in [0.3, 0.4) is 0 Å². The van der Waals surface area contributed by atoms with Crippen LogP contribution < -0.4 is 0 Å². The molecule has 0 fully saturated rings. The second-order valence-electron chi connectivity index (χ2n) is 10.7. The summed E-state index contributed by atoms with van der Waals surface area (Å²) in [6, 6.07) is 41.6. The molecule has 8 aromatic rings. The third kappa shape index (κ3) is 5.43. The van der Waals surface area contributed by atoms with Gasteiger partial charge in [0.2, 0.25) is 0 Å². The third-order valence-electron chi connectivity index (χ3n) is 7.58. The van der Waals surface area contributed by atoms with Crippen LogP contribution in [0.2, 0.25) is 0 Å². The molecule has 0 saturated carbocycles. The molecule has 0 aliphatic heterocycles. The van der Waals surface area contributed by atoms with Gasteiger partial charge in [-0.1, -0.05) is 121 Å². The number of hydrogen-bond donors (Lipinski definition) is 0. The topological polar surface area (TPSA) is 51.6 Å². The van der Waals surface area contributed by atoms with E-state index in [4.69, 9.17) is 19.9 Å². The van der Waals surface area contributed by atoms with Gasteiger partial charge in [0.05, 0.1) is 26.0 Å². The summed E-state index contributed by atoms with van der Waals surface area (Å²) in [5, 5.41) is 3.91. The molecule has 0 aliphatic rings. The highest BCUT2D eigenvalue weighted by molar-refractivity contribution is 7.25. The smallest absolute Gasteiger partial charge is 0.124 e. The van der Waals surface area contributed by atoms with Crippen LogP contribution in [0, 0.1) is 13.8 Å². The molecule has 0 bridgehead atoms. The van der Waals surface area contributed by atoms with Gasteiger partial charge in [0.1, 0.15) is 31.4 Å². The molecular formula is C38H26N4S4. The van der Waals surface area contributed by atoms with Gasteiger partial charge in [-0.05, 0) is 13.8 Å². The Morgan fingerprint density at radius 3 is 1.17 bits per heavy atom. The van der Waals surface area contributed by atoms with E-state index in [0.717, 1.165) is 84.6 Å². The Labute approximate surface area is 283 Å². The van der Waals surface area contributed by atoms with Crippen molar-refractivity contribution in [3.05, 3.63) is 132 Å². The number of aryl methyl sites for hydroxylation is 2. The quantitative estimate of drug-likeness (QED) is 0.170. The minimum Gasteiger partial charge on any atom is -0.241 e. The van der Waals surface area contributed by atoms with Gasteiger partial charge in [-0.2, -0.15) is 0 Å². The van der Waals surface area contributed by atoms with Crippen LogP contribution in [0.15, 0.2) is 121 Å². The molecule has 222 valence electrons. The maximum absolute atomic E-state index is 5.36. The molecule has 0 spiro atoms. The molecular weight excluding hydrogens is 641 g/mol. The van der Waals surface area contributed by atoms with E-state index in [1.165, 1.54) is 0 Å². The zero-order chi connectivity index (χ0) is 31.0. The van der Waals surface area contributed by atoms with Crippen LogP contribution in [0.25, 0.3) is 74.0 Å². The van der Waals surface area contributed by atoms with Crippen molar-refractivity contribution in [2.24, 2.45) is 0 Å². The minimum atomic E-state index is 0.861. The average molecular weight is 667 g/mol. The van der Waals surface area contributed by atoms with Gasteiger partial charge >= 0.3 is 0 Å². The van der Waals surface area contributed by atoms with Crippen molar-refractivity contribution in [3.8, 4) is 74.0 Å². The normalized spacial score (nSPS) is 11.3. The number of benzene rings is 4. The summed E-state index contributed by atoms with van der Waals surface area (Å²) < 4.78 is 0. The van der Waals surface area contributed by atoms with Crippen LogP contribution in [-0.2, 0) is 0 Å². The van der Waals surface area contributed by atoms with E-state index in [-0.39, 0.29) is 0 Å². The molecule has 4 heterocycles. The summed E-state index contributed by atoms with van der Waals surface area (Å²) in [6.07, 6.45) is 0. The lowest BCUT2D eigenvalue weighted by molar-refractivity contribution is 1.27. The Balaban J connectivity index is 1.36. The van der Waals surface area contributed by atoms with E-state index in [1.54, 1.807) is 45.3 Å². The van der Waals surface area contributed by atoms with Crippen molar-refractivity contribution in [3.63, 3.8) is 0 Å². The zero-order valence-electron chi connectivity index (χ0n) is 25.0. The van der Waals surface area contributed by atoms with Crippen LogP contribution >= 0.6 is 45.3 Å². The summed E-state index contributed by atoms with van der Waals surface area (Å²) in [4.78, 5) is 25.4. The van der Waals surface area contributed by atoms with Gasteiger partial charge in [-0.15, -0.1) is 45.3 Å². The molecule has 0 saturated heterocycles. The maximum Gasteiger partial charge on any atom is 0.124 e. The van der Waals surface area contributed by atoms with Gasteiger partial charge in [0.25, 0.3) is 0 Å². The SMILES string of the molecule is Cc1nc(-c2ccccc2)sc1-c1sc(-c2ccccc2)nc1-c1nc(-c2ccccc2)sc1-c1nc(-c2ccccc2)sc1C. The summed E-state index contributed by atoms with van der Waals surface area (Å²) in [5.41, 5.74) is 8.08. The van der Waals surface area contributed by atoms with E-state index in [0.29, 0.717) is 0 Å². The largest absolute Gasteiger partial charge is 0.241 e. The molecule has 0 unspecified atom stereocenters. The van der Waals surface area contributed by atoms with Gasteiger partial charge in [0, 0.05) is 27.1 Å². The minimum absolute atomic E-state index is 0.861. The monoisotopic (exact) mass is 666 g/mol. The molecule has 8 rings (SSSR count). The van der Waals surface area contributed by atoms with Gasteiger partial charge < -0.3 is 0 Å². The van der Waals surface area contributed by atoms with E-state index in [1.807, 2.05) is 24.3 Å². The van der Waals surface area contributed by atoms with Crippen molar-refractivity contribution in [2.45, 2.75) is 13.8 Å². The fourth-order valence-corrected chi connectivity index (χ4v) is 9.74. The second-order valence-corrected chi connectivity index (χ2v) is 14.9. The fraction of sp³-hybridized carbons (Fsp3) is 0.0526. The fourth-order valence-electron chi connectivity index (χ4n) is 5.31. The van der Waals surface area contributed by atoms with Crippen molar-refractivity contribution in [1.29, 1.82) is 0 Å². The number of thiazole rings is 4. The average Bonchev–Trinajstić information content (AvgIpc) is 3.91. The first kappa shape index (κ1) is 28.8. The molecule has 4 nitrogen and oxygen atoms in total. The molecule has 0 N–H and O–H groups in total. The summed E-state index contributed by atoms with van der Waals surface area (Å²) in [5.74, 6) is 0. The first-order valence-electron chi connectivity index (χ1n) is 14.8. The number of nitrogens with zero attached hydrogens (tertiary/aromatic N) is 4. The van der Waals surface area contributed by atoms with Crippen molar-refractivity contribution in [2.75, 3.05) is 0 Å². The van der Waals surface area contributed by atoms with E-state index in [9.17, 15) is 0 Å².